The molecule has 0 spiro atoms. The predicted molar refractivity (Wildman–Crippen MR) is 136 cm³/mol. The highest BCUT2D eigenvalue weighted by atomic mass is 19.1. The van der Waals surface area contributed by atoms with E-state index in [0.717, 1.165) is 48.6 Å². The summed E-state index contributed by atoms with van der Waals surface area (Å²) in [5.41, 5.74) is 3.83. The highest BCUT2D eigenvalue weighted by molar-refractivity contribution is 6.14. The number of guanidine groups is 1. The molecule has 9 heteroatoms. The van der Waals surface area contributed by atoms with Crippen LogP contribution in [0.15, 0.2) is 65.7 Å². The van der Waals surface area contributed by atoms with Crippen molar-refractivity contribution in [2.24, 2.45) is 4.99 Å². The molecule has 1 atom stereocenters. The van der Waals surface area contributed by atoms with Crippen LogP contribution in [0.2, 0.25) is 0 Å². The summed E-state index contributed by atoms with van der Waals surface area (Å²) in [6.45, 7) is 4.19. The largest absolute Gasteiger partial charge is 0.495 e. The monoisotopic (exact) mass is 488 g/mol. The van der Waals surface area contributed by atoms with E-state index < -0.39 is 0 Å². The van der Waals surface area contributed by atoms with E-state index in [-0.39, 0.29) is 17.8 Å². The second-order valence-corrected chi connectivity index (χ2v) is 8.92. The van der Waals surface area contributed by atoms with Crippen molar-refractivity contribution in [3.05, 3.63) is 83.3 Å². The molecular weight excluding hydrogens is 459 g/mol. The molecule has 1 unspecified atom stereocenters. The predicted octanol–water partition coefficient (Wildman–Crippen LogP) is 3.53. The van der Waals surface area contributed by atoms with Gasteiger partial charge in [-0.3, -0.25) is 9.69 Å². The lowest BCUT2D eigenvalue weighted by atomic mass is 9.99. The van der Waals surface area contributed by atoms with Gasteiger partial charge in [-0.05, 0) is 61.9 Å². The molecule has 2 aromatic carbocycles. The Bertz CT molecular complexity index is 1330. The molecule has 36 heavy (non-hydrogen) atoms. The zero-order valence-electron chi connectivity index (χ0n) is 20.6. The fourth-order valence-electron chi connectivity index (χ4n) is 4.70. The van der Waals surface area contributed by atoms with Gasteiger partial charge in [0.2, 0.25) is 5.96 Å². The van der Waals surface area contributed by atoms with Crippen molar-refractivity contribution in [3.8, 4) is 11.4 Å². The third-order valence-electron chi connectivity index (χ3n) is 6.52. The molecule has 1 aromatic heterocycles. The Morgan fingerprint density at radius 1 is 1.22 bits per heavy atom. The number of hydrogen-bond acceptors (Lipinski definition) is 6. The number of amides is 1. The topological polar surface area (TPSA) is 75.0 Å². The van der Waals surface area contributed by atoms with Gasteiger partial charge in [-0.25, -0.2) is 14.4 Å². The molecule has 8 nitrogen and oxygen atoms in total. The van der Waals surface area contributed by atoms with Crippen molar-refractivity contribution in [2.75, 3.05) is 33.8 Å². The molecule has 3 heterocycles. The van der Waals surface area contributed by atoms with E-state index in [0.29, 0.717) is 17.4 Å². The normalized spacial score (nSPS) is 18.6. The first-order chi connectivity index (χ1) is 17.5. The smallest absolute Gasteiger partial charge is 0.279 e. The van der Waals surface area contributed by atoms with E-state index in [1.54, 1.807) is 36.5 Å². The number of imidazole rings is 1. The lowest BCUT2D eigenvalue weighted by Crippen LogP contribution is -2.52. The second kappa shape index (κ2) is 9.94. The first kappa shape index (κ1) is 23.7. The summed E-state index contributed by atoms with van der Waals surface area (Å²) >= 11 is 0. The van der Waals surface area contributed by atoms with Gasteiger partial charge < -0.3 is 19.5 Å². The van der Waals surface area contributed by atoms with E-state index in [2.05, 4.69) is 15.2 Å². The zero-order chi connectivity index (χ0) is 25.2. The Morgan fingerprint density at radius 3 is 2.72 bits per heavy atom. The van der Waals surface area contributed by atoms with Gasteiger partial charge in [0.25, 0.3) is 5.91 Å². The number of benzene rings is 2. The summed E-state index contributed by atoms with van der Waals surface area (Å²) in [4.78, 5) is 26.6. The summed E-state index contributed by atoms with van der Waals surface area (Å²) in [7, 11) is 3.52. The molecular formula is C27H29FN6O2. The maximum Gasteiger partial charge on any atom is 0.279 e. The van der Waals surface area contributed by atoms with E-state index in [4.69, 9.17) is 9.73 Å². The van der Waals surface area contributed by atoms with Crippen LogP contribution in [0.1, 0.15) is 29.3 Å². The van der Waals surface area contributed by atoms with Gasteiger partial charge in [0, 0.05) is 25.8 Å². The minimum Gasteiger partial charge on any atom is -0.495 e. The maximum atomic E-state index is 13.6. The number of methoxy groups -OCH3 is 1. The number of likely N-dealkylation sites (N-methyl/N-ethyl adjacent to an activating group) is 1. The summed E-state index contributed by atoms with van der Waals surface area (Å²) in [6.07, 6.45) is 6.19. The average Bonchev–Trinajstić information content (AvgIpc) is 3.46. The summed E-state index contributed by atoms with van der Waals surface area (Å²) in [6, 6.07) is 11.9. The molecule has 2 aliphatic rings. The molecule has 0 saturated carbocycles. The van der Waals surface area contributed by atoms with E-state index in [1.807, 2.05) is 42.9 Å². The van der Waals surface area contributed by atoms with Crippen molar-refractivity contribution in [2.45, 2.75) is 19.4 Å². The quantitative estimate of drug-likeness (QED) is 0.515. The number of aryl methyl sites for hydroxylation is 1. The van der Waals surface area contributed by atoms with Crippen LogP contribution < -0.4 is 10.1 Å². The number of fused-ring (bicyclic) bond motifs is 1. The van der Waals surface area contributed by atoms with Crippen molar-refractivity contribution >= 4 is 17.9 Å². The minimum absolute atomic E-state index is 0.165. The Morgan fingerprint density at radius 2 is 2.03 bits per heavy atom. The average molecular weight is 489 g/mol. The number of halogens is 1. The van der Waals surface area contributed by atoms with E-state index in [9.17, 15) is 9.18 Å². The molecule has 0 aliphatic carbocycles. The van der Waals surface area contributed by atoms with Crippen LogP contribution in [-0.2, 0) is 4.79 Å². The standard InChI is InChI=1S/C27H29FN6O2/c1-18-16-33(17-30-18)24-9-4-19(15-25(24)36-3)14-22-26(35)34-23(20-5-7-21(28)8-6-20)10-12-32(13-11-29-2)27(34)31-22/h4-9,14-17,23,29H,10-13H2,1-3H3/b22-14-. The lowest BCUT2D eigenvalue weighted by molar-refractivity contribution is -0.125. The number of hydrogen-bond donors (Lipinski definition) is 1. The van der Waals surface area contributed by atoms with Crippen LogP contribution in [0, 0.1) is 12.7 Å². The number of ether oxygens (including phenoxy) is 1. The molecule has 2 aliphatic heterocycles. The third kappa shape index (κ3) is 4.49. The number of aliphatic imine (C=N–C) groups is 1. The van der Waals surface area contributed by atoms with Crippen LogP contribution in [0.4, 0.5) is 4.39 Å². The fourth-order valence-corrected chi connectivity index (χ4v) is 4.70. The van der Waals surface area contributed by atoms with Crippen molar-refractivity contribution in [3.63, 3.8) is 0 Å². The molecule has 1 amide bonds. The molecule has 5 rings (SSSR count). The van der Waals surface area contributed by atoms with Crippen LogP contribution >= 0.6 is 0 Å². The lowest BCUT2D eigenvalue weighted by Gasteiger charge is -2.40. The van der Waals surface area contributed by atoms with Gasteiger partial charge in [-0.1, -0.05) is 18.2 Å². The molecule has 0 radical (unpaired) electrons. The van der Waals surface area contributed by atoms with Crippen LogP contribution in [0.3, 0.4) is 0 Å². The fraction of sp³-hybridized carbons (Fsp3) is 0.296. The second-order valence-electron chi connectivity index (χ2n) is 8.92. The van der Waals surface area contributed by atoms with Gasteiger partial charge in [0.1, 0.15) is 17.3 Å². The number of rotatable bonds is 7. The Balaban J connectivity index is 1.49. The Kier molecular flexibility index (Phi) is 6.56. The first-order valence-corrected chi connectivity index (χ1v) is 12.0. The highest BCUT2D eigenvalue weighted by Crippen LogP contribution is 2.36. The zero-order valence-corrected chi connectivity index (χ0v) is 20.6. The van der Waals surface area contributed by atoms with Crippen LogP contribution in [-0.4, -0.2) is 65.0 Å². The summed E-state index contributed by atoms with van der Waals surface area (Å²) < 4.78 is 21.1. The number of nitrogens with zero attached hydrogens (tertiary/aromatic N) is 5. The molecule has 3 aromatic rings. The maximum absolute atomic E-state index is 13.6. The molecule has 186 valence electrons. The molecule has 1 saturated heterocycles. The van der Waals surface area contributed by atoms with Crippen molar-refractivity contribution in [1.29, 1.82) is 0 Å². The van der Waals surface area contributed by atoms with Gasteiger partial charge in [0.05, 0.1) is 30.9 Å². The Labute approximate surface area is 209 Å². The van der Waals surface area contributed by atoms with E-state index in [1.165, 1.54) is 12.1 Å². The number of aromatic nitrogens is 2. The summed E-state index contributed by atoms with van der Waals surface area (Å²) in [5, 5.41) is 3.16. The van der Waals surface area contributed by atoms with Crippen LogP contribution in [0.5, 0.6) is 5.75 Å². The van der Waals surface area contributed by atoms with Gasteiger partial charge in [-0.2, -0.15) is 0 Å². The highest BCUT2D eigenvalue weighted by Gasteiger charge is 2.42. The van der Waals surface area contributed by atoms with Gasteiger partial charge >= 0.3 is 0 Å². The number of nitrogens with one attached hydrogen (secondary N) is 1. The molecule has 1 fully saturated rings. The van der Waals surface area contributed by atoms with Crippen molar-refractivity contribution in [1.82, 2.24) is 24.7 Å². The summed E-state index contributed by atoms with van der Waals surface area (Å²) in [5.74, 6) is 0.842. The first-order valence-electron chi connectivity index (χ1n) is 12.0. The molecule has 0 bridgehead atoms. The number of carbonyl (C=O) groups excluding carboxylic acids is 1. The number of carbonyl (C=O) groups is 1. The van der Waals surface area contributed by atoms with Crippen LogP contribution in [0.25, 0.3) is 11.8 Å². The van der Waals surface area contributed by atoms with Gasteiger partial charge in [0.15, 0.2) is 0 Å². The SMILES string of the molecule is CNCCN1CCC(c2ccc(F)cc2)N2C(=O)/C(=C/c3ccc(-n4cnc(C)c4)c(OC)c3)N=C12. The minimum atomic E-state index is -0.296. The molecule has 1 N–H and O–H groups in total. The van der Waals surface area contributed by atoms with E-state index >= 15 is 0 Å². The van der Waals surface area contributed by atoms with Gasteiger partial charge in [-0.15, -0.1) is 0 Å². The van der Waals surface area contributed by atoms with Crippen molar-refractivity contribution < 1.29 is 13.9 Å². The Hall–Kier alpha value is -3.98. The third-order valence-corrected chi connectivity index (χ3v) is 6.52.